The molecule has 1 aromatic rings. The van der Waals surface area contributed by atoms with Crippen LogP contribution in [0.15, 0.2) is 35.0 Å². The van der Waals surface area contributed by atoms with Crippen LogP contribution >= 0.6 is 11.3 Å². The average molecular weight is 154 g/mol. The minimum absolute atomic E-state index is 1.11. The molecule has 0 unspecified atom stereocenters. The zero-order valence-corrected chi connectivity index (χ0v) is 7.45. The van der Waals surface area contributed by atoms with Crippen molar-refractivity contribution < 1.29 is 0 Å². The highest BCUT2D eigenvalue weighted by molar-refractivity contribution is 7.07. The van der Waals surface area contributed by atoms with Crippen LogP contribution in [0.2, 0.25) is 0 Å². The molecule has 1 aromatic heterocycles. The number of thiophene rings is 1. The summed E-state index contributed by atoms with van der Waals surface area (Å²) in [5, 5.41) is 4.08. The summed E-state index contributed by atoms with van der Waals surface area (Å²) in [5.74, 6) is 0. The first kappa shape index (κ1) is 9.44. The van der Waals surface area contributed by atoms with E-state index in [0.717, 1.165) is 6.42 Å². The van der Waals surface area contributed by atoms with Crippen LogP contribution in [0.25, 0.3) is 0 Å². The van der Waals surface area contributed by atoms with Gasteiger partial charge in [-0.3, -0.25) is 0 Å². The van der Waals surface area contributed by atoms with Gasteiger partial charge in [0, 0.05) is 0 Å². The molecule has 1 heterocycles. The van der Waals surface area contributed by atoms with Crippen molar-refractivity contribution in [1.82, 2.24) is 0 Å². The summed E-state index contributed by atoms with van der Waals surface area (Å²) in [5.41, 5.74) is 1.25. The lowest BCUT2D eigenvalue weighted by Gasteiger charge is -1.79. The molecule has 0 saturated heterocycles. The van der Waals surface area contributed by atoms with E-state index < -0.39 is 0 Å². The zero-order valence-electron chi connectivity index (χ0n) is 6.63. The van der Waals surface area contributed by atoms with Crippen molar-refractivity contribution in [3.8, 4) is 0 Å². The lowest BCUT2D eigenvalue weighted by molar-refractivity contribution is 1.11. The van der Waals surface area contributed by atoms with Gasteiger partial charge in [0.1, 0.15) is 0 Å². The summed E-state index contributed by atoms with van der Waals surface area (Å²) in [6.45, 7) is 7.80. The maximum atomic E-state index is 3.67. The Kier molecular flexibility index (Phi) is 6.19. The highest BCUT2D eigenvalue weighted by Crippen LogP contribution is 1.91. The first-order chi connectivity index (χ1) is 4.77. The molecule has 0 aliphatic heterocycles. The van der Waals surface area contributed by atoms with Gasteiger partial charge in [-0.1, -0.05) is 24.6 Å². The van der Waals surface area contributed by atoms with Gasteiger partial charge in [-0.05, 0) is 24.1 Å². The van der Waals surface area contributed by atoms with Crippen LogP contribution in [0.4, 0.5) is 0 Å². The number of allylic oxidation sites excluding steroid dienone is 1. The fourth-order valence-electron chi connectivity index (χ4n) is 0.227. The molecule has 0 nitrogen and oxygen atoms in total. The predicted molar refractivity (Wildman–Crippen MR) is 49.4 cm³/mol. The molecule has 0 spiro atoms. The second kappa shape index (κ2) is 6.56. The Balaban J connectivity index is 0.000000162. The summed E-state index contributed by atoms with van der Waals surface area (Å²) < 4.78 is 0. The Morgan fingerprint density at radius 3 is 1.90 bits per heavy atom. The molecule has 0 aliphatic rings. The summed E-state index contributed by atoms with van der Waals surface area (Å²) in [4.78, 5) is 0. The molecule has 1 heteroatoms. The third kappa shape index (κ3) is 7.44. The van der Waals surface area contributed by atoms with E-state index in [0.29, 0.717) is 0 Å². The van der Waals surface area contributed by atoms with Gasteiger partial charge in [0.05, 0.1) is 0 Å². The molecule has 0 saturated carbocycles. The van der Waals surface area contributed by atoms with E-state index in [1.165, 1.54) is 5.57 Å². The van der Waals surface area contributed by atoms with Gasteiger partial charge in [0.25, 0.3) is 0 Å². The Morgan fingerprint density at radius 2 is 1.80 bits per heavy atom. The lowest BCUT2D eigenvalue weighted by atomic mass is 10.3. The van der Waals surface area contributed by atoms with Gasteiger partial charge in [-0.15, -0.1) is 6.58 Å². The largest absolute Gasteiger partial charge is 0.152 e. The van der Waals surface area contributed by atoms with E-state index in [4.69, 9.17) is 0 Å². The van der Waals surface area contributed by atoms with E-state index in [1.54, 1.807) is 11.3 Å². The average Bonchev–Trinajstić information content (AvgIpc) is 2.43. The van der Waals surface area contributed by atoms with Gasteiger partial charge >= 0.3 is 0 Å². The Morgan fingerprint density at radius 1 is 1.40 bits per heavy atom. The van der Waals surface area contributed by atoms with Crippen LogP contribution in [-0.2, 0) is 0 Å². The molecular formula is C9H14S. The highest BCUT2D eigenvalue weighted by atomic mass is 32.1. The molecular weight excluding hydrogens is 140 g/mol. The van der Waals surface area contributed by atoms with E-state index in [9.17, 15) is 0 Å². The molecule has 10 heavy (non-hydrogen) atoms. The van der Waals surface area contributed by atoms with Gasteiger partial charge < -0.3 is 0 Å². The van der Waals surface area contributed by atoms with Crippen molar-refractivity contribution in [2.45, 2.75) is 20.3 Å². The predicted octanol–water partition coefficient (Wildman–Crippen LogP) is 3.72. The van der Waals surface area contributed by atoms with Crippen molar-refractivity contribution in [2.75, 3.05) is 0 Å². The Bertz CT molecular complexity index is 134. The molecule has 0 radical (unpaired) electrons. The topological polar surface area (TPSA) is 0 Å². The Hall–Kier alpha value is -0.560. The van der Waals surface area contributed by atoms with Crippen LogP contribution in [0, 0.1) is 0 Å². The van der Waals surface area contributed by atoms with Crippen LogP contribution in [-0.4, -0.2) is 0 Å². The molecule has 0 fully saturated rings. The van der Waals surface area contributed by atoms with Crippen LogP contribution in [0.5, 0.6) is 0 Å². The van der Waals surface area contributed by atoms with Gasteiger partial charge in [0.15, 0.2) is 0 Å². The third-order valence-electron chi connectivity index (χ3n) is 1.03. The fourth-order valence-corrected chi connectivity index (χ4v) is 0.680. The molecule has 56 valence electrons. The number of hydrogen-bond donors (Lipinski definition) is 0. The van der Waals surface area contributed by atoms with Gasteiger partial charge in [-0.25, -0.2) is 0 Å². The Labute approximate surface area is 67.2 Å². The van der Waals surface area contributed by atoms with Gasteiger partial charge in [0.2, 0.25) is 0 Å². The van der Waals surface area contributed by atoms with Crippen molar-refractivity contribution >= 4 is 11.3 Å². The van der Waals surface area contributed by atoms with Crippen molar-refractivity contribution in [3.63, 3.8) is 0 Å². The first-order valence-corrected chi connectivity index (χ1v) is 4.33. The summed E-state index contributed by atoms with van der Waals surface area (Å²) in [6.07, 6.45) is 1.11. The SMILES string of the molecule is C=C(C)CC.c1ccsc1. The maximum Gasteiger partial charge on any atom is -0.00934 e. The molecule has 0 amide bonds. The number of rotatable bonds is 1. The van der Waals surface area contributed by atoms with Crippen molar-refractivity contribution in [1.29, 1.82) is 0 Å². The summed E-state index contributed by atoms with van der Waals surface area (Å²) in [6, 6.07) is 4.04. The first-order valence-electron chi connectivity index (χ1n) is 3.39. The van der Waals surface area contributed by atoms with Crippen LogP contribution in [0.1, 0.15) is 20.3 Å². The van der Waals surface area contributed by atoms with Gasteiger partial charge in [-0.2, -0.15) is 11.3 Å². The molecule has 0 aromatic carbocycles. The smallest absolute Gasteiger partial charge is 0.00934 e. The quantitative estimate of drug-likeness (QED) is 0.541. The highest BCUT2D eigenvalue weighted by Gasteiger charge is 1.67. The molecule has 0 atom stereocenters. The summed E-state index contributed by atoms with van der Waals surface area (Å²) in [7, 11) is 0. The van der Waals surface area contributed by atoms with Crippen molar-refractivity contribution in [2.24, 2.45) is 0 Å². The molecule has 0 N–H and O–H groups in total. The van der Waals surface area contributed by atoms with Crippen LogP contribution in [0.3, 0.4) is 0 Å². The van der Waals surface area contributed by atoms with E-state index in [1.807, 2.05) is 29.8 Å². The monoisotopic (exact) mass is 154 g/mol. The second-order valence-electron chi connectivity index (χ2n) is 2.10. The molecule has 0 aliphatic carbocycles. The second-order valence-corrected chi connectivity index (χ2v) is 2.92. The minimum Gasteiger partial charge on any atom is -0.152 e. The third-order valence-corrected chi connectivity index (χ3v) is 1.66. The van der Waals surface area contributed by atoms with Crippen LogP contribution < -0.4 is 0 Å². The normalized spacial score (nSPS) is 7.80. The fraction of sp³-hybridized carbons (Fsp3) is 0.333. The van der Waals surface area contributed by atoms with E-state index in [-0.39, 0.29) is 0 Å². The van der Waals surface area contributed by atoms with E-state index in [2.05, 4.69) is 13.5 Å². The minimum atomic E-state index is 1.11. The maximum absolute atomic E-state index is 3.67. The molecule has 0 bridgehead atoms. The summed E-state index contributed by atoms with van der Waals surface area (Å²) >= 11 is 1.71. The lowest BCUT2D eigenvalue weighted by Crippen LogP contribution is -1.58. The molecule has 1 rings (SSSR count). The van der Waals surface area contributed by atoms with Crippen molar-refractivity contribution in [3.05, 3.63) is 35.0 Å². The van der Waals surface area contributed by atoms with E-state index >= 15 is 0 Å². The zero-order chi connectivity index (χ0) is 7.82. The standard InChI is InChI=1S/C5H10.C4H4S/c1-4-5(2)3;1-2-4-5-3-1/h2,4H2,1,3H3;1-4H. The number of hydrogen-bond acceptors (Lipinski definition) is 1.